The first-order valence-electron chi connectivity index (χ1n) is 5.95. The average Bonchev–Trinajstić information content (AvgIpc) is 2.84. The van der Waals surface area contributed by atoms with Gasteiger partial charge in [-0.3, -0.25) is 0 Å². The van der Waals surface area contributed by atoms with E-state index in [1.807, 2.05) is 19.0 Å². The number of hydrogen-bond acceptors (Lipinski definition) is 6. The molecule has 96 valence electrons. The third kappa shape index (κ3) is 3.02. The Balaban J connectivity index is 2.00. The van der Waals surface area contributed by atoms with Crippen molar-refractivity contribution in [1.82, 2.24) is 15.0 Å². The van der Waals surface area contributed by atoms with E-state index in [-0.39, 0.29) is 18.2 Å². The molecule has 1 aromatic heterocycles. The van der Waals surface area contributed by atoms with Crippen LogP contribution in [-0.2, 0) is 4.74 Å². The summed E-state index contributed by atoms with van der Waals surface area (Å²) in [7, 11) is 3.92. The van der Waals surface area contributed by atoms with Crippen LogP contribution < -0.4 is 5.73 Å². The minimum Gasteiger partial charge on any atom is -0.365 e. The van der Waals surface area contributed by atoms with Gasteiger partial charge >= 0.3 is 0 Å². The molecule has 0 saturated carbocycles. The third-order valence-corrected chi connectivity index (χ3v) is 2.86. The Morgan fingerprint density at radius 3 is 2.82 bits per heavy atom. The van der Waals surface area contributed by atoms with E-state index < -0.39 is 0 Å². The van der Waals surface area contributed by atoms with Crippen LogP contribution in [0.5, 0.6) is 0 Å². The summed E-state index contributed by atoms with van der Waals surface area (Å²) in [6.45, 7) is 2.75. The molecule has 3 atom stereocenters. The van der Waals surface area contributed by atoms with Crippen LogP contribution in [0, 0.1) is 0 Å². The van der Waals surface area contributed by atoms with Gasteiger partial charge in [0.1, 0.15) is 6.10 Å². The van der Waals surface area contributed by atoms with E-state index in [0.717, 1.165) is 12.8 Å². The summed E-state index contributed by atoms with van der Waals surface area (Å²) in [5, 5.41) is 3.92. The van der Waals surface area contributed by atoms with Gasteiger partial charge in [-0.25, -0.2) is 0 Å². The molecular formula is C11H20N4O2. The van der Waals surface area contributed by atoms with Crippen molar-refractivity contribution in [2.75, 3.05) is 20.6 Å². The molecule has 1 fully saturated rings. The highest BCUT2D eigenvalue weighted by Crippen LogP contribution is 2.31. The quantitative estimate of drug-likeness (QED) is 0.841. The number of likely N-dealkylation sites (N-methyl/N-ethyl adjacent to an activating group) is 1. The number of rotatable bonds is 4. The van der Waals surface area contributed by atoms with E-state index in [1.54, 1.807) is 0 Å². The molecule has 0 aromatic carbocycles. The first-order valence-corrected chi connectivity index (χ1v) is 5.95. The highest BCUT2D eigenvalue weighted by atomic mass is 16.5. The van der Waals surface area contributed by atoms with Crippen molar-refractivity contribution in [1.29, 1.82) is 0 Å². The van der Waals surface area contributed by atoms with Crippen molar-refractivity contribution >= 4 is 0 Å². The molecule has 6 heteroatoms. The molecule has 6 nitrogen and oxygen atoms in total. The van der Waals surface area contributed by atoms with E-state index in [9.17, 15) is 0 Å². The smallest absolute Gasteiger partial charge is 0.255 e. The first kappa shape index (κ1) is 12.5. The van der Waals surface area contributed by atoms with Crippen LogP contribution in [-0.4, -0.2) is 41.8 Å². The van der Waals surface area contributed by atoms with Crippen LogP contribution in [0.2, 0.25) is 0 Å². The van der Waals surface area contributed by atoms with E-state index >= 15 is 0 Å². The average molecular weight is 240 g/mol. The zero-order chi connectivity index (χ0) is 12.4. The molecule has 2 N–H and O–H groups in total. The Labute approximate surface area is 101 Å². The fourth-order valence-corrected chi connectivity index (χ4v) is 1.99. The summed E-state index contributed by atoms with van der Waals surface area (Å²) in [4.78, 5) is 6.32. The summed E-state index contributed by atoms with van der Waals surface area (Å²) < 4.78 is 10.9. The molecule has 0 aliphatic carbocycles. The van der Waals surface area contributed by atoms with Crippen molar-refractivity contribution in [3.05, 3.63) is 11.7 Å². The molecule has 1 aliphatic heterocycles. The maximum atomic E-state index is 5.97. The lowest BCUT2D eigenvalue weighted by Crippen LogP contribution is -2.26. The van der Waals surface area contributed by atoms with Gasteiger partial charge in [0.2, 0.25) is 0 Å². The van der Waals surface area contributed by atoms with Crippen molar-refractivity contribution in [2.45, 2.75) is 38.0 Å². The van der Waals surface area contributed by atoms with Gasteiger partial charge in [0.15, 0.2) is 5.82 Å². The second-order valence-electron chi connectivity index (χ2n) is 4.87. The van der Waals surface area contributed by atoms with Gasteiger partial charge < -0.3 is 19.9 Å². The van der Waals surface area contributed by atoms with E-state index in [1.165, 1.54) is 0 Å². The first-order chi connectivity index (χ1) is 8.06. The lowest BCUT2D eigenvalue weighted by Gasteiger charge is -2.13. The summed E-state index contributed by atoms with van der Waals surface area (Å²) in [6.07, 6.45) is 2.18. The predicted molar refractivity (Wildman–Crippen MR) is 62.3 cm³/mol. The number of nitrogens with two attached hydrogens (primary N) is 1. The molecule has 0 radical (unpaired) electrons. The molecule has 1 aliphatic rings. The van der Waals surface area contributed by atoms with Gasteiger partial charge in [-0.1, -0.05) is 5.16 Å². The van der Waals surface area contributed by atoms with Crippen LogP contribution in [0.15, 0.2) is 4.52 Å². The van der Waals surface area contributed by atoms with Gasteiger partial charge in [0.05, 0.1) is 12.1 Å². The van der Waals surface area contributed by atoms with E-state index in [4.69, 9.17) is 15.0 Å². The monoisotopic (exact) mass is 240 g/mol. The topological polar surface area (TPSA) is 77.4 Å². The number of nitrogens with zero attached hydrogens (tertiary/aromatic N) is 3. The van der Waals surface area contributed by atoms with Crippen molar-refractivity contribution in [2.24, 2.45) is 5.73 Å². The summed E-state index contributed by atoms with van der Waals surface area (Å²) >= 11 is 0. The lowest BCUT2D eigenvalue weighted by molar-refractivity contribution is 0.0355. The molecule has 17 heavy (non-hydrogen) atoms. The molecule has 1 aromatic rings. The molecule has 0 amide bonds. The highest BCUT2D eigenvalue weighted by Gasteiger charge is 2.29. The molecule has 3 unspecified atom stereocenters. The SMILES string of the molecule is CC1CCC(c2nc(C(N)CN(C)C)no2)O1. The lowest BCUT2D eigenvalue weighted by atomic mass is 10.2. The molecule has 2 heterocycles. The van der Waals surface area contributed by atoms with E-state index in [2.05, 4.69) is 17.1 Å². The molecule has 2 rings (SSSR count). The second-order valence-corrected chi connectivity index (χ2v) is 4.87. The Morgan fingerprint density at radius 2 is 2.24 bits per heavy atom. The molecule has 1 saturated heterocycles. The number of hydrogen-bond donors (Lipinski definition) is 1. The Kier molecular flexibility index (Phi) is 3.76. The normalized spacial score (nSPS) is 26.6. The number of aromatic nitrogens is 2. The highest BCUT2D eigenvalue weighted by molar-refractivity contribution is 4.97. The minimum atomic E-state index is -0.221. The molecule has 0 bridgehead atoms. The maximum absolute atomic E-state index is 5.97. The predicted octanol–water partition coefficient (Wildman–Crippen LogP) is 0.871. The van der Waals surface area contributed by atoms with Crippen molar-refractivity contribution in [3.63, 3.8) is 0 Å². The van der Waals surface area contributed by atoms with Crippen molar-refractivity contribution < 1.29 is 9.26 Å². The summed E-state index contributed by atoms with van der Waals surface area (Å²) in [6, 6.07) is -0.221. The van der Waals surface area contributed by atoms with Crippen LogP contribution in [0.3, 0.4) is 0 Å². The zero-order valence-corrected chi connectivity index (χ0v) is 10.6. The maximum Gasteiger partial charge on any atom is 0.255 e. The molecule has 0 spiro atoms. The largest absolute Gasteiger partial charge is 0.365 e. The third-order valence-electron chi connectivity index (χ3n) is 2.86. The summed E-state index contributed by atoms with van der Waals surface area (Å²) in [5.74, 6) is 1.11. The molecular weight excluding hydrogens is 220 g/mol. The van der Waals surface area contributed by atoms with Gasteiger partial charge in [-0.15, -0.1) is 0 Å². The Hall–Kier alpha value is -0.980. The second kappa shape index (κ2) is 5.12. The minimum absolute atomic E-state index is 0.0576. The van der Waals surface area contributed by atoms with Crippen molar-refractivity contribution in [3.8, 4) is 0 Å². The van der Waals surface area contributed by atoms with Gasteiger partial charge in [0, 0.05) is 6.54 Å². The Morgan fingerprint density at radius 1 is 1.47 bits per heavy atom. The van der Waals surface area contributed by atoms with Gasteiger partial charge in [-0.05, 0) is 33.9 Å². The Bertz CT molecular complexity index is 366. The van der Waals surface area contributed by atoms with Crippen LogP contribution >= 0.6 is 0 Å². The fourth-order valence-electron chi connectivity index (χ4n) is 1.99. The zero-order valence-electron chi connectivity index (χ0n) is 10.6. The van der Waals surface area contributed by atoms with Crippen LogP contribution in [0.1, 0.15) is 43.6 Å². The van der Waals surface area contributed by atoms with E-state index in [0.29, 0.717) is 18.3 Å². The summed E-state index contributed by atoms with van der Waals surface area (Å²) in [5.41, 5.74) is 5.97. The van der Waals surface area contributed by atoms with Crippen LogP contribution in [0.4, 0.5) is 0 Å². The standard InChI is InChI=1S/C11H20N4O2/c1-7-4-5-9(16-7)11-13-10(14-17-11)8(12)6-15(2)3/h7-9H,4-6,12H2,1-3H3. The van der Waals surface area contributed by atoms with Gasteiger partial charge in [-0.2, -0.15) is 4.98 Å². The number of ether oxygens (including phenoxy) is 1. The van der Waals surface area contributed by atoms with Crippen LogP contribution in [0.25, 0.3) is 0 Å². The fraction of sp³-hybridized carbons (Fsp3) is 0.818. The van der Waals surface area contributed by atoms with Gasteiger partial charge in [0.25, 0.3) is 5.89 Å².